The normalized spacial score (nSPS) is 13.7. The van der Waals surface area contributed by atoms with Crippen LogP contribution in [-0.2, 0) is 28.6 Å². The first-order chi connectivity index (χ1) is 41.0. The van der Waals surface area contributed by atoms with E-state index in [4.69, 9.17) is 14.2 Å². The van der Waals surface area contributed by atoms with Crippen LogP contribution in [-0.4, -0.2) is 37.2 Å². The first-order valence-electron chi connectivity index (χ1n) is 31.9. The van der Waals surface area contributed by atoms with E-state index in [1.54, 1.807) is 0 Å². The van der Waals surface area contributed by atoms with Crippen LogP contribution in [0.2, 0.25) is 0 Å². The molecule has 6 heteroatoms. The highest BCUT2D eigenvalue weighted by Gasteiger charge is 2.19. The van der Waals surface area contributed by atoms with Gasteiger partial charge in [-0.3, -0.25) is 14.4 Å². The van der Waals surface area contributed by atoms with E-state index in [1.165, 1.54) is 0 Å². The maximum Gasteiger partial charge on any atom is 0.306 e. The number of carbonyl (C=O) groups is 3. The summed E-state index contributed by atoms with van der Waals surface area (Å²) in [6.07, 6.45) is 108. The van der Waals surface area contributed by atoms with Crippen LogP contribution < -0.4 is 0 Å². The van der Waals surface area contributed by atoms with Crippen molar-refractivity contribution in [3.63, 3.8) is 0 Å². The van der Waals surface area contributed by atoms with E-state index < -0.39 is 12.1 Å². The largest absolute Gasteiger partial charge is 0.462 e. The summed E-state index contributed by atoms with van der Waals surface area (Å²) in [5, 5.41) is 0. The van der Waals surface area contributed by atoms with Crippen molar-refractivity contribution in [1.82, 2.24) is 0 Å². The van der Waals surface area contributed by atoms with Crippen molar-refractivity contribution in [2.45, 2.75) is 219 Å². The molecule has 83 heavy (non-hydrogen) atoms. The van der Waals surface area contributed by atoms with Gasteiger partial charge >= 0.3 is 17.9 Å². The van der Waals surface area contributed by atoms with Gasteiger partial charge in [0.2, 0.25) is 0 Å². The average Bonchev–Trinajstić information content (AvgIpc) is 3.49. The smallest absolute Gasteiger partial charge is 0.306 e. The Hall–Kier alpha value is -6.53. The number of unbranched alkanes of at least 4 members (excludes halogenated alkanes) is 5. The van der Waals surface area contributed by atoms with Crippen molar-refractivity contribution in [2.75, 3.05) is 13.2 Å². The molecule has 0 rings (SSSR count). The predicted octanol–water partition coefficient (Wildman–Crippen LogP) is 22.3. The highest BCUT2D eigenvalue weighted by molar-refractivity contribution is 5.71. The summed E-state index contributed by atoms with van der Waals surface area (Å²) in [5.74, 6) is -1.14. The van der Waals surface area contributed by atoms with Crippen LogP contribution in [0.15, 0.2) is 231 Å². The fraction of sp³-hybridized carbons (Fsp3) is 0.468. The van der Waals surface area contributed by atoms with Crippen LogP contribution in [0.4, 0.5) is 0 Å². The molecule has 0 saturated heterocycles. The lowest BCUT2D eigenvalue weighted by Gasteiger charge is -2.18. The third-order valence-corrected chi connectivity index (χ3v) is 12.2. The summed E-state index contributed by atoms with van der Waals surface area (Å²) in [6.45, 7) is 6.14. The summed E-state index contributed by atoms with van der Waals surface area (Å²) in [6, 6.07) is 0. The molecule has 6 nitrogen and oxygen atoms in total. The molecular formula is C77H112O6. The van der Waals surface area contributed by atoms with Gasteiger partial charge in [0.25, 0.3) is 0 Å². The number of hydrogen-bond acceptors (Lipinski definition) is 6. The Morgan fingerprint density at radius 1 is 0.241 bits per heavy atom. The first-order valence-corrected chi connectivity index (χ1v) is 31.9. The minimum atomic E-state index is -0.870. The lowest BCUT2D eigenvalue weighted by Crippen LogP contribution is -2.30. The van der Waals surface area contributed by atoms with E-state index in [-0.39, 0.29) is 38.0 Å². The van der Waals surface area contributed by atoms with Crippen molar-refractivity contribution >= 4 is 17.9 Å². The summed E-state index contributed by atoms with van der Waals surface area (Å²) in [7, 11) is 0. The molecule has 0 amide bonds. The van der Waals surface area contributed by atoms with Gasteiger partial charge in [-0.25, -0.2) is 0 Å². The molecule has 0 aliphatic heterocycles. The maximum absolute atomic E-state index is 12.9. The van der Waals surface area contributed by atoms with Gasteiger partial charge in [-0.1, -0.05) is 265 Å². The number of hydrogen-bond donors (Lipinski definition) is 0. The maximum atomic E-state index is 12.9. The Balaban J connectivity index is 4.65. The highest BCUT2D eigenvalue weighted by atomic mass is 16.6. The molecule has 0 saturated carbocycles. The molecule has 0 aliphatic carbocycles. The predicted molar refractivity (Wildman–Crippen MR) is 361 cm³/mol. The lowest BCUT2D eigenvalue weighted by molar-refractivity contribution is -0.166. The van der Waals surface area contributed by atoms with Crippen molar-refractivity contribution < 1.29 is 28.6 Å². The topological polar surface area (TPSA) is 78.9 Å². The van der Waals surface area contributed by atoms with Crippen molar-refractivity contribution in [3.05, 3.63) is 231 Å². The summed E-state index contributed by atoms with van der Waals surface area (Å²) >= 11 is 0. The zero-order valence-corrected chi connectivity index (χ0v) is 52.1. The van der Waals surface area contributed by atoms with Crippen LogP contribution in [0.25, 0.3) is 0 Å². The van der Waals surface area contributed by atoms with Crippen LogP contribution in [0.5, 0.6) is 0 Å². The number of allylic oxidation sites excluding steroid dienone is 38. The Morgan fingerprint density at radius 3 is 0.759 bits per heavy atom. The van der Waals surface area contributed by atoms with Crippen LogP contribution in [0.3, 0.4) is 0 Å². The number of rotatable bonds is 54. The zero-order valence-electron chi connectivity index (χ0n) is 52.1. The van der Waals surface area contributed by atoms with Crippen LogP contribution in [0, 0.1) is 0 Å². The van der Waals surface area contributed by atoms with Gasteiger partial charge in [-0.2, -0.15) is 0 Å². The van der Waals surface area contributed by atoms with E-state index in [9.17, 15) is 14.4 Å². The van der Waals surface area contributed by atoms with Crippen molar-refractivity contribution in [2.24, 2.45) is 0 Å². The SMILES string of the molecule is CC/C=C\C/C=C\C/C=C\C/C=C\C/C=C\C/C=C\C/C=C\C/C=C\C/C=C\CCCC(=O)OCC(COC(=O)CCCCCC/C=C\C/C=C\C/C=C\C/C=C\CC)OC(=O)CC/C=C\C/C=C\C/C=C\C/C=C\C/C=C\C/C=C\CC. The second-order valence-electron chi connectivity index (χ2n) is 19.8. The van der Waals surface area contributed by atoms with Gasteiger partial charge in [-0.15, -0.1) is 0 Å². The molecule has 456 valence electrons. The van der Waals surface area contributed by atoms with Gasteiger partial charge in [0.1, 0.15) is 13.2 Å². The molecule has 0 aromatic carbocycles. The van der Waals surface area contributed by atoms with Crippen LogP contribution in [0.1, 0.15) is 213 Å². The van der Waals surface area contributed by atoms with Gasteiger partial charge < -0.3 is 14.2 Å². The zero-order chi connectivity index (χ0) is 59.9. The molecule has 0 fully saturated rings. The Kier molecular flexibility index (Phi) is 62.6. The van der Waals surface area contributed by atoms with E-state index in [0.717, 1.165) is 161 Å². The molecule has 0 heterocycles. The number of esters is 3. The third-order valence-electron chi connectivity index (χ3n) is 12.2. The number of carbonyl (C=O) groups excluding carboxylic acids is 3. The third kappa shape index (κ3) is 66.2. The van der Waals surface area contributed by atoms with E-state index in [0.29, 0.717) is 19.3 Å². The molecule has 0 spiro atoms. The van der Waals surface area contributed by atoms with Gasteiger partial charge in [0.05, 0.1) is 0 Å². The Bertz CT molecular complexity index is 2130. The fourth-order valence-corrected chi connectivity index (χ4v) is 7.52. The average molecular weight is 1130 g/mol. The summed E-state index contributed by atoms with van der Waals surface area (Å²) < 4.78 is 16.8. The van der Waals surface area contributed by atoms with Crippen molar-refractivity contribution in [3.8, 4) is 0 Å². The Labute approximate surface area is 507 Å². The number of ether oxygens (including phenoxy) is 3. The molecule has 0 aromatic rings. The minimum absolute atomic E-state index is 0.154. The lowest BCUT2D eigenvalue weighted by atomic mass is 10.1. The van der Waals surface area contributed by atoms with Crippen molar-refractivity contribution in [1.29, 1.82) is 0 Å². The summed E-state index contributed by atoms with van der Waals surface area (Å²) in [5.41, 5.74) is 0. The molecule has 0 aromatic heterocycles. The molecule has 1 unspecified atom stereocenters. The second kappa shape index (κ2) is 68.0. The van der Waals surface area contributed by atoms with E-state index in [1.807, 2.05) is 12.2 Å². The molecule has 0 aliphatic rings. The standard InChI is InChI=1S/C77H112O6/c1-4-7-10-13-16-19-22-25-28-31-33-34-35-36-37-38-39-40-41-42-44-46-49-52-55-58-61-64-67-70-76(79)82-73-74(72-81-75(78)69-66-63-60-57-54-51-48-45-30-27-24-21-18-15-12-9-6-3)83-77(80)71-68-65-62-59-56-53-50-47-43-32-29-26-23-20-17-14-11-8-5-2/h7-12,16-21,25-30,33-34,36-37,39-40,42-44,47-49,51-53,56,58,61-62,65,74H,4-6,13-15,22-24,31-32,35,38,41,45-46,50,54-55,57,59-60,63-64,66-73H2,1-3H3/b10-7-,11-8-,12-9-,19-16-,20-17-,21-18-,28-25-,29-26-,30-27-,34-33-,37-36-,40-39-,44-42-,47-43-,51-48-,52-49-,56-53-,61-58-,65-62-. The fourth-order valence-electron chi connectivity index (χ4n) is 7.52. The highest BCUT2D eigenvalue weighted by Crippen LogP contribution is 2.10. The van der Waals surface area contributed by atoms with Gasteiger partial charge in [0.15, 0.2) is 6.10 Å². The first kappa shape index (κ1) is 76.5. The Morgan fingerprint density at radius 2 is 0.470 bits per heavy atom. The molecule has 1 atom stereocenters. The molecular weight excluding hydrogens is 1020 g/mol. The van der Waals surface area contributed by atoms with Crippen LogP contribution >= 0.6 is 0 Å². The molecule has 0 radical (unpaired) electrons. The molecule has 0 bridgehead atoms. The van der Waals surface area contributed by atoms with Gasteiger partial charge in [0, 0.05) is 19.3 Å². The molecule has 0 N–H and O–H groups in total. The quantitative estimate of drug-likeness (QED) is 0.0261. The summed E-state index contributed by atoms with van der Waals surface area (Å²) in [4.78, 5) is 38.3. The van der Waals surface area contributed by atoms with E-state index >= 15 is 0 Å². The van der Waals surface area contributed by atoms with Gasteiger partial charge in [-0.05, 0) is 161 Å². The van der Waals surface area contributed by atoms with E-state index in [2.05, 4.69) is 240 Å². The minimum Gasteiger partial charge on any atom is -0.462 e. The second-order valence-corrected chi connectivity index (χ2v) is 19.8. The monoisotopic (exact) mass is 1130 g/mol.